The molecule has 0 aliphatic carbocycles. The monoisotopic (exact) mass is 374 g/mol. The van der Waals surface area contributed by atoms with Crippen LogP contribution >= 0.6 is 0 Å². The van der Waals surface area contributed by atoms with Crippen LogP contribution in [0.1, 0.15) is 0 Å². The van der Waals surface area contributed by atoms with E-state index in [0.29, 0.717) is 19.0 Å². The predicted molar refractivity (Wildman–Crippen MR) is 75.0 cm³/mol. The second-order valence-electron chi connectivity index (χ2n) is 4.48. The van der Waals surface area contributed by atoms with Gasteiger partial charge >= 0.3 is 12.1 Å². The fourth-order valence-corrected chi connectivity index (χ4v) is 1.41. The lowest BCUT2D eigenvalue weighted by atomic mass is 10.3. The Kier molecular flexibility index (Phi) is 8.02. The van der Waals surface area contributed by atoms with E-state index in [1.54, 1.807) is 35.5 Å². The molecule has 0 radical (unpaired) electrons. The molecule has 12 heteroatoms. The van der Waals surface area contributed by atoms with Gasteiger partial charge in [-0.1, -0.05) is 4.68 Å². The third-order valence-corrected chi connectivity index (χ3v) is 2.52. The molecule has 0 saturated carbocycles. The molecule has 0 amide bonds. The van der Waals surface area contributed by atoms with Crippen molar-refractivity contribution in [2.45, 2.75) is 12.7 Å². The number of carboxylic acids is 2. The predicted octanol–water partition coefficient (Wildman–Crippen LogP) is -0.774. The normalized spacial score (nSPS) is 10.6. The molecular weight excluding hydrogens is 361 g/mol. The first-order valence-electron chi connectivity index (χ1n) is 6.91. The number of hydrogen-bond acceptors (Lipinski definition) is 7. The van der Waals surface area contributed by atoms with Crippen molar-refractivity contribution in [1.82, 2.24) is 15.1 Å². The summed E-state index contributed by atoms with van der Waals surface area (Å²) < 4.78 is 38.1. The van der Waals surface area contributed by atoms with Gasteiger partial charge in [0.2, 0.25) is 0 Å². The summed E-state index contributed by atoms with van der Waals surface area (Å²) in [5.74, 6) is -3.37. The Balaban J connectivity index is 0.000000412. The summed E-state index contributed by atoms with van der Waals surface area (Å²) in [6.45, 7) is 0.491. The first kappa shape index (κ1) is 20.9. The lowest BCUT2D eigenvalue weighted by molar-refractivity contribution is -0.754. The molecule has 2 heterocycles. The lowest BCUT2D eigenvalue weighted by Crippen LogP contribution is -2.39. The van der Waals surface area contributed by atoms with Gasteiger partial charge in [-0.25, -0.2) is 14.8 Å². The van der Waals surface area contributed by atoms with E-state index in [1.807, 2.05) is 6.07 Å². The van der Waals surface area contributed by atoms with E-state index in [1.165, 1.54) is 0 Å². The van der Waals surface area contributed by atoms with Gasteiger partial charge < -0.3 is 19.7 Å². The number of aromatic nitrogens is 4. The molecule has 0 fully saturated rings. The number of ether oxygens (including phenoxy) is 1. The molecular formula is C14H13F3N4O5. The molecule has 0 unspecified atom stereocenters. The zero-order chi connectivity index (χ0) is 19.6. The van der Waals surface area contributed by atoms with Crippen LogP contribution in [-0.4, -0.2) is 51.5 Å². The van der Waals surface area contributed by atoms with Gasteiger partial charge in [-0.3, -0.25) is 0 Å². The molecule has 140 valence electrons. The minimum absolute atomic E-state index is 0.295. The molecule has 2 rings (SSSR count). The van der Waals surface area contributed by atoms with Crippen LogP contribution in [0.2, 0.25) is 0 Å². The van der Waals surface area contributed by atoms with Crippen molar-refractivity contribution in [3.8, 4) is 11.4 Å². The number of halogens is 3. The maximum absolute atomic E-state index is 10.5. The quantitative estimate of drug-likeness (QED) is 0.515. The van der Waals surface area contributed by atoms with Crippen LogP contribution in [0.3, 0.4) is 0 Å². The largest absolute Gasteiger partial charge is 0.542 e. The van der Waals surface area contributed by atoms with E-state index in [-0.39, 0.29) is 6.61 Å². The highest BCUT2D eigenvalue weighted by Crippen LogP contribution is 2.11. The molecule has 9 nitrogen and oxygen atoms in total. The van der Waals surface area contributed by atoms with Crippen LogP contribution in [0.15, 0.2) is 36.9 Å². The second-order valence-corrected chi connectivity index (χ2v) is 4.48. The fraction of sp³-hybridized carbons (Fsp3) is 0.286. The van der Waals surface area contributed by atoms with Crippen LogP contribution in [0.4, 0.5) is 13.2 Å². The smallest absolute Gasteiger partial charge is 0.430 e. The molecule has 26 heavy (non-hydrogen) atoms. The highest BCUT2D eigenvalue weighted by molar-refractivity contribution is 5.70. The molecule has 0 aliphatic rings. The molecule has 0 aliphatic heterocycles. The van der Waals surface area contributed by atoms with Crippen molar-refractivity contribution in [1.29, 1.82) is 0 Å². The minimum Gasteiger partial charge on any atom is -0.542 e. The molecule has 2 aromatic heterocycles. The molecule has 2 aromatic rings. The van der Waals surface area contributed by atoms with Crippen molar-refractivity contribution in [3.63, 3.8) is 0 Å². The molecule has 0 saturated heterocycles. The van der Waals surface area contributed by atoms with Crippen LogP contribution in [0, 0.1) is 0 Å². The van der Waals surface area contributed by atoms with Gasteiger partial charge in [-0.05, 0) is 11.2 Å². The summed E-state index contributed by atoms with van der Waals surface area (Å²) >= 11 is 0. The van der Waals surface area contributed by atoms with Crippen LogP contribution < -0.4 is 9.79 Å². The molecule has 0 spiro atoms. The summed E-state index contributed by atoms with van der Waals surface area (Å²) in [5, 5.41) is 21.4. The molecule has 0 bridgehead atoms. The van der Waals surface area contributed by atoms with Gasteiger partial charge in [-0.2, -0.15) is 13.2 Å². The Morgan fingerprint density at radius 3 is 2.35 bits per heavy atom. The van der Waals surface area contributed by atoms with Crippen molar-refractivity contribution < 1.29 is 42.4 Å². The van der Waals surface area contributed by atoms with E-state index in [9.17, 15) is 18.0 Å². The first-order chi connectivity index (χ1) is 12.2. The molecule has 0 atom stereocenters. The maximum atomic E-state index is 10.5. The van der Waals surface area contributed by atoms with E-state index in [2.05, 4.69) is 15.1 Å². The molecule has 1 N–H and O–H groups in total. The summed E-state index contributed by atoms with van der Waals surface area (Å²) in [6, 6.07) is 3.60. The Morgan fingerprint density at radius 1 is 1.27 bits per heavy atom. The number of aliphatic carboxylic acids is 2. The fourth-order valence-electron chi connectivity index (χ4n) is 1.41. The van der Waals surface area contributed by atoms with E-state index in [0.717, 1.165) is 5.56 Å². The van der Waals surface area contributed by atoms with Crippen molar-refractivity contribution >= 4 is 11.9 Å². The van der Waals surface area contributed by atoms with Gasteiger partial charge in [0, 0.05) is 24.0 Å². The average Bonchev–Trinajstić information content (AvgIpc) is 2.59. The highest BCUT2D eigenvalue weighted by atomic mass is 19.4. The zero-order valence-electron chi connectivity index (χ0n) is 13.1. The Labute approximate surface area is 144 Å². The number of nitrogens with zero attached hydrogens (tertiary/aromatic N) is 4. The number of carbonyl (C=O) groups is 2. The summed E-state index contributed by atoms with van der Waals surface area (Å²) in [5.41, 5.74) is 0.823. The average molecular weight is 374 g/mol. The minimum atomic E-state index is -5.19. The van der Waals surface area contributed by atoms with Crippen molar-refractivity contribution in [2.24, 2.45) is 0 Å². The van der Waals surface area contributed by atoms with Gasteiger partial charge in [0.15, 0.2) is 18.6 Å². The van der Waals surface area contributed by atoms with Gasteiger partial charge in [-0.15, -0.1) is 0 Å². The maximum Gasteiger partial charge on any atom is 0.430 e. The van der Waals surface area contributed by atoms with Crippen molar-refractivity contribution in [3.05, 3.63) is 36.9 Å². The highest BCUT2D eigenvalue weighted by Gasteiger charge is 2.28. The second kappa shape index (κ2) is 9.98. The summed E-state index contributed by atoms with van der Waals surface area (Å²) in [4.78, 5) is 27.3. The van der Waals surface area contributed by atoms with E-state index in [4.69, 9.17) is 19.7 Å². The lowest BCUT2D eigenvalue weighted by Gasteiger charge is -2.03. The van der Waals surface area contributed by atoms with Crippen LogP contribution in [0.5, 0.6) is 0 Å². The standard InChI is InChI=1S/C12H12N4O3.C2HF3O2/c17-11(18)9-19-7-6-16-5-2-10(8-15-16)12-13-3-1-4-14-12;3-2(4,5)1(6)7/h1-5,8H,6-7,9H2;(H,6,7). The molecule has 0 aromatic carbocycles. The topological polar surface area (TPSA) is 129 Å². The van der Waals surface area contributed by atoms with Gasteiger partial charge in [0.05, 0.1) is 0 Å². The van der Waals surface area contributed by atoms with Gasteiger partial charge in [0.1, 0.15) is 25.4 Å². The van der Waals surface area contributed by atoms with Crippen LogP contribution in [0.25, 0.3) is 11.4 Å². The number of hydrogen-bond donors (Lipinski definition) is 1. The summed E-state index contributed by atoms with van der Waals surface area (Å²) in [7, 11) is 0. The number of rotatable bonds is 6. The van der Waals surface area contributed by atoms with Crippen molar-refractivity contribution in [2.75, 3.05) is 13.2 Å². The Bertz CT molecular complexity index is 711. The van der Waals surface area contributed by atoms with Gasteiger partial charge in [0.25, 0.3) is 0 Å². The third kappa shape index (κ3) is 8.10. The Morgan fingerprint density at radius 2 is 1.88 bits per heavy atom. The van der Waals surface area contributed by atoms with E-state index >= 15 is 0 Å². The first-order valence-corrected chi connectivity index (χ1v) is 6.91. The number of carboxylic acid groups (broad SMARTS) is 2. The Hall–Kier alpha value is -3.15. The van der Waals surface area contributed by atoms with E-state index < -0.39 is 18.1 Å². The SMILES string of the molecule is O=C(O)COCC[n+]1ccc(-c2ncccn2)cn1.O=C([O-])C(F)(F)F. The number of carbonyl (C=O) groups excluding carboxylic acids is 1. The zero-order valence-corrected chi connectivity index (χ0v) is 13.1. The third-order valence-electron chi connectivity index (χ3n) is 2.52. The number of alkyl halides is 3. The summed E-state index contributed by atoms with van der Waals surface area (Å²) in [6.07, 6.45) is 1.58. The van der Waals surface area contributed by atoms with Crippen LogP contribution in [-0.2, 0) is 20.9 Å².